The molecule has 0 aromatic heterocycles. The second-order valence-corrected chi connectivity index (χ2v) is 4.10. The van der Waals surface area contributed by atoms with Gasteiger partial charge < -0.3 is 5.11 Å². The first-order valence-electron chi connectivity index (χ1n) is 4.19. The summed E-state index contributed by atoms with van der Waals surface area (Å²) in [7, 11) is 0. The van der Waals surface area contributed by atoms with Crippen molar-refractivity contribution in [3.63, 3.8) is 0 Å². The van der Waals surface area contributed by atoms with E-state index < -0.39 is 0 Å². The van der Waals surface area contributed by atoms with Crippen LogP contribution in [0.1, 0.15) is 12.5 Å². The van der Waals surface area contributed by atoms with Gasteiger partial charge in [-0.05, 0) is 24.6 Å². The molecule has 0 saturated carbocycles. The van der Waals surface area contributed by atoms with Crippen LogP contribution in [0.15, 0.2) is 41.3 Å². The summed E-state index contributed by atoms with van der Waals surface area (Å²) in [5.41, 5.74) is 2.14. The Bertz CT molecular complexity index is 277. The number of thioether (sulfide) groups is 1. The molecule has 0 bridgehead atoms. The maximum Gasteiger partial charge on any atom is 0.0681 e. The zero-order valence-electron chi connectivity index (χ0n) is 7.79. The quantitative estimate of drug-likeness (QED) is 0.587. The molecule has 0 aliphatic rings. The fourth-order valence-corrected chi connectivity index (χ4v) is 1.64. The van der Waals surface area contributed by atoms with Gasteiger partial charge in [-0.1, -0.05) is 24.3 Å². The van der Waals surface area contributed by atoms with E-state index in [2.05, 4.69) is 6.58 Å². The predicted octanol–water partition coefficient (Wildman–Crippen LogP) is 2.85. The van der Waals surface area contributed by atoms with Crippen molar-refractivity contribution >= 4 is 11.8 Å². The largest absolute Gasteiger partial charge is 0.392 e. The summed E-state index contributed by atoms with van der Waals surface area (Å²) in [6.45, 7) is 5.98. The van der Waals surface area contributed by atoms with Gasteiger partial charge >= 0.3 is 0 Å². The maximum atomic E-state index is 8.83. The van der Waals surface area contributed by atoms with E-state index in [0.29, 0.717) is 0 Å². The van der Waals surface area contributed by atoms with Crippen LogP contribution >= 0.6 is 11.8 Å². The average Bonchev–Trinajstić information content (AvgIpc) is 2.15. The topological polar surface area (TPSA) is 20.2 Å². The number of hydrogen-bond acceptors (Lipinski definition) is 2. The van der Waals surface area contributed by atoms with Gasteiger partial charge in [0.15, 0.2) is 0 Å². The Morgan fingerprint density at radius 2 is 2.00 bits per heavy atom. The second-order valence-electron chi connectivity index (χ2n) is 3.05. The van der Waals surface area contributed by atoms with Crippen LogP contribution in [0, 0.1) is 0 Å². The van der Waals surface area contributed by atoms with Crippen molar-refractivity contribution in [1.82, 2.24) is 0 Å². The summed E-state index contributed by atoms with van der Waals surface area (Å²) in [5.74, 6) is 0.957. The van der Waals surface area contributed by atoms with Crippen LogP contribution < -0.4 is 0 Å². The lowest BCUT2D eigenvalue weighted by atomic mass is 10.2. The Morgan fingerprint density at radius 1 is 1.38 bits per heavy atom. The molecule has 0 fully saturated rings. The molecule has 0 atom stereocenters. The Morgan fingerprint density at radius 3 is 2.46 bits per heavy atom. The predicted molar refractivity (Wildman–Crippen MR) is 57.9 cm³/mol. The average molecular weight is 194 g/mol. The van der Waals surface area contributed by atoms with Crippen LogP contribution in [-0.2, 0) is 6.61 Å². The number of aliphatic hydroxyl groups excluding tert-OH is 1. The highest BCUT2D eigenvalue weighted by molar-refractivity contribution is 7.99. The van der Waals surface area contributed by atoms with Crippen molar-refractivity contribution in [2.75, 3.05) is 5.75 Å². The Labute approximate surface area is 83.5 Å². The van der Waals surface area contributed by atoms with Crippen molar-refractivity contribution in [3.8, 4) is 0 Å². The summed E-state index contributed by atoms with van der Waals surface area (Å²) in [6.07, 6.45) is 0. The molecule has 0 heterocycles. The van der Waals surface area contributed by atoms with Crippen molar-refractivity contribution in [2.45, 2.75) is 18.4 Å². The van der Waals surface area contributed by atoms with Crippen LogP contribution in [0.5, 0.6) is 0 Å². The monoisotopic (exact) mass is 194 g/mol. The minimum atomic E-state index is 0.117. The molecule has 1 aromatic carbocycles. The third-order valence-corrected chi connectivity index (χ3v) is 2.83. The normalized spacial score (nSPS) is 10.0. The summed E-state index contributed by atoms with van der Waals surface area (Å²) in [6, 6.07) is 7.94. The van der Waals surface area contributed by atoms with E-state index in [4.69, 9.17) is 5.11 Å². The molecule has 0 radical (unpaired) electrons. The van der Waals surface area contributed by atoms with Gasteiger partial charge in [0.05, 0.1) is 6.61 Å². The molecule has 13 heavy (non-hydrogen) atoms. The summed E-state index contributed by atoms with van der Waals surface area (Å²) in [5, 5.41) is 8.83. The first kappa shape index (κ1) is 10.4. The molecule has 0 amide bonds. The van der Waals surface area contributed by atoms with Crippen LogP contribution in [0.25, 0.3) is 0 Å². The summed E-state index contributed by atoms with van der Waals surface area (Å²) < 4.78 is 0. The van der Waals surface area contributed by atoms with Gasteiger partial charge in [0.1, 0.15) is 0 Å². The molecule has 0 unspecified atom stereocenters. The Hall–Kier alpha value is -0.730. The second kappa shape index (κ2) is 5.10. The number of hydrogen-bond donors (Lipinski definition) is 1. The van der Waals surface area contributed by atoms with E-state index in [1.807, 2.05) is 31.2 Å². The zero-order chi connectivity index (χ0) is 9.68. The fraction of sp³-hybridized carbons (Fsp3) is 0.273. The molecule has 1 nitrogen and oxygen atoms in total. The van der Waals surface area contributed by atoms with Crippen LogP contribution in [0.2, 0.25) is 0 Å². The first-order valence-corrected chi connectivity index (χ1v) is 5.18. The smallest absolute Gasteiger partial charge is 0.0681 e. The number of aliphatic hydroxyl groups is 1. The van der Waals surface area contributed by atoms with E-state index in [1.165, 1.54) is 10.5 Å². The number of rotatable bonds is 4. The third-order valence-electron chi connectivity index (χ3n) is 1.59. The lowest BCUT2D eigenvalue weighted by Crippen LogP contribution is -1.83. The Balaban J connectivity index is 2.54. The molecule has 0 spiro atoms. The highest BCUT2D eigenvalue weighted by atomic mass is 32.2. The minimum Gasteiger partial charge on any atom is -0.392 e. The maximum absolute atomic E-state index is 8.83. The van der Waals surface area contributed by atoms with Gasteiger partial charge in [-0.2, -0.15) is 0 Å². The van der Waals surface area contributed by atoms with E-state index in [1.54, 1.807) is 11.8 Å². The Kier molecular flexibility index (Phi) is 4.06. The highest BCUT2D eigenvalue weighted by Crippen LogP contribution is 2.20. The van der Waals surface area contributed by atoms with E-state index >= 15 is 0 Å². The first-order chi connectivity index (χ1) is 6.22. The van der Waals surface area contributed by atoms with Crippen LogP contribution in [0.4, 0.5) is 0 Å². The molecule has 1 N–H and O–H groups in total. The van der Waals surface area contributed by atoms with Gasteiger partial charge in [0.2, 0.25) is 0 Å². The molecule has 2 heteroatoms. The van der Waals surface area contributed by atoms with Crippen molar-refractivity contribution in [1.29, 1.82) is 0 Å². The molecule has 70 valence electrons. The molecule has 1 rings (SSSR count). The van der Waals surface area contributed by atoms with Crippen molar-refractivity contribution in [2.24, 2.45) is 0 Å². The molecule has 0 aliphatic carbocycles. The minimum absolute atomic E-state index is 0.117. The van der Waals surface area contributed by atoms with E-state index in [-0.39, 0.29) is 6.61 Å². The molecule has 1 aromatic rings. The molecular weight excluding hydrogens is 180 g/mol. The van der Waals surface area contributed by atoms with E-state index in [0.717, 1.165) is 11.3 Å². The third kappa shape index (κ3) is 3.66. The van der Waals surface area contributed by atoms with Gasteiger partial charge in [-0.25, -0.2) is 0 Å². The van der Waals surface area contributed by atoms with Crippen LogP contribution in [-0.4, -0.2) is 10.9 Å². The molecular formula is C11H14OS. The summed E-state index contributed by atoms with van der Waals surface area (Å²) in [4.78, 5) is 1.22. The fourth-order valence-electron chi connectivity index (χ4n) is 0.898. The van der Waals surface area contributed by atoms with Gasteiger partial charge in [0.25, 0.3) is 0 Å². The zero-order valence-corrected chi connectivity index (χ0v) is 8.60. The highest BCUT2D eigenvalue weighted by Gasteiger charge is 1.94. The molecule has 0 saturated heterocycles. The lowest BCUT2D eigenvalue weighted by Gasteiger charge is -2.01. The van der Waals surface area contributed by atoms with Crippen LogP contribution in [0.3, 0.4) is 0 Å². The van der Waals surface area contributed by atoms with Crippen molar-refractivity contribution < 1.29 is 5.11 Å². The van der Waals surface area contributed by atoms with Gasteiger partial charge in [0, 0.05) is 10.6 Å². The SMILES string of the molecule is C=C(C)CSc1ccc(CO)cc1. The van der Waals surface area contributed by atoms with Crippen molar-refractivity contribution in [3.05, 3.63) is 42.0 Å². The van der Waals surface area contributed by atoms with E-state index in [9.17, 15) is 0 Å². The number of benzene rings is 1. The summed E-state index contributed by atoms with van der Waals surface area (Å²) >= 11 is 1.77. The van der Waals surface area contributed by atoms with Gasteiger partial charge in [-0.15, -0.1) is 11.8 Å². The standard InChI is InChI=1S/C11H14OS/c1-9(2)8-13-11-5-3-10(7-12)4-6-11/h3-6,12H,1,7-8H2,2H3. The van der Waals surface area contributed by atoms with Gasteiger partial charge in [-0.3, -0.25) is 0 Å². The lowest BCUT2D eigenvalue weighted by molar-refractivity contribution is 0.282. The molecule has 0 aliphatic heterocycles.